The molecule has 4 nitrogen and oxygen atoms in total. The van der Waals surface area contributed by atoms with Crippen molar-refractivity contribution in [2.45, 2.75) is 32.7 Å². The highest BCUT2D eigenvalue weighted by Crippen LogP contribution is 2.36. The number of phenolic OH excluding ortho intramolecular Hbond substituents is 1. The quantitative estimate of drug-likeness (QED) is 0.843. The number of aromatic hydroxyl groups is 1. The van der Waals surface area contributed by atoms with Gasteiger partial charge in [0.15, 0.2) is 0 Å². The first-order valence-corrected chi connectivity index (χ1v) is 9.49. The van der Waals surface area contributed by atoms with Crippen molar-refractivity contribution in [3.8, 4) is 5.75 Å². The molecule has 25 heavy (non-hydrogen) atoms. The van der Waals surface area contributed by atoms with E-state index in [1.165, 1.54) is 11.3 Å². The second kappa shape index (κ2) is 7.28. The fraction of sp³-hybridized carbons (Fsp3) is 0.450. The van der Waals surface area contributed by atoms with Crippen molar-refractivity contribution in [2.24, 2.45) is 0 Å². The lowest BCUT2D eigenvalue weighted by Gasteiger charge is -2.29. The molecule has 2 heterocycles. The van der Waals surface area contributed by atoms with Crippen LogP contribution < -0.4 is 0 Å². The van der Waals surface area contributed by atoms with Gasteiger partial charge in [-0.3, -0.25) is 9.69 Å². The van der Waals surface area contributed by atoms with E-state index in [1.54, 1.807) is 0 Å². The monoisotopic (exact) mass is 359 g/mol. The molecule has 3 rings (SSSR count). The summed E-state index contributed by atoms with van der Waals surface area (Å²) in [5.74, 6) is 0.324. The molecule has 2 aromatic rings. The highest BCUT2D eigenvalue weighted by molar-refractivity contribution is 7.12. The SMILES string of the molecule is CC(C)(C)c1cc(C(=O)c2cccs2)cc(CN2CCOCC2)c1O. The van der Waals surface area contributed by atoms with Gasteiger partial charge in [-0.05, 0) is 29.0 Å². The Morgan fingerprint density at radius 3 is 2.60 bits per heavy atom. The number of benzene rings is 1. The number of hydrogen-bond acceptors (Lipinski definition) is 5. The summed E-state index contributed by atoms with van der Waals surface area (Å²) in [6.45, 7) is 9.89. The zero-order valence-electron chi connectivity index (χ0n) is 15.0. The number of hydrogen-bond donors (Lipinski definition) is 1. The molecule has 1 aromatic carbocycles. The predicted molar refractivity (Wildman–Crippen MR) is 101 cm³/mol. The van der Waals surface area contributed by atoms with E-state index in [2.05, 4.69) is 25.7 Å². The van der Waals surface area contributed by atoms with E-state index in [0.29, 0.717) is 31.1 Å². The molecule has 1 aliphatic rings. The molecule has 0 radical (unpaired) electrons. The van der Waals surface area contributed by atoms with Crippen LogP contribution in [0, 0.1) is 0 Å². The number of carbonyl (C=O) groups excluding carboxylic acids is 1. The van der Waals surface area contributed by atoms with Gasteiger partial charge in [-0.1, -0.05) is 26.8 Å². The number of ether oxygens (including phenoxy) is 1. The van der Waals surface area contributed by atoms with Crippen LogP contribution in [0.5, 0.6) is 5.75 Å². The van der Waals surface area contributed by atoms with Crippen LogP contribution in [0.25, 0.3) is 0 Å². The maximum Gasteiger partial charge on any atom is 0.202 e. The molecule has 1 aromatic heterocycles. The van der Waals surface area contributed by atoms with Crippen molar-refractivity contribution in [3.05, 3.63) is 51.2 Å². The third-order valence-electron chi connectivity index (χ3n) is 4.50. The van der Waals surface area contributed by atoms with E-state index < -0.39 is 0 Å². The van der Waals surface area contributed by atoms with Gasteiger partial charge in [-0.25, -0.2) is 0 Å². The summed E-state index contributed by atoms with van der Waals surface area (Å²) in [5, 5.41) is 12.7. The molecule has 1 fully saturated rings. The molecule has 0 bridgehead atoms. The summed E-state index contributed by atoms with van der Waals surface area (Å²) >= 11 is 1.45. The van der Waals surface area contributed by atoms with Gasteiger partial charge in [0.05, 0.1) is 18.1 Å². The largest absolute Gasteiger partial charge is 0.507 e. The lowest BCUT2D eigenvalue weighted by Crippen LogP contribution is -2.35. The van der Waals surface area contributed by atoms with Crippen LogP contribution >= 0.6 is 11.3 Å². The summed E-state index contributed by atoms with van der Waals surface area (Å²) in [5.41, 5.74) is 2.04. The van der Waals surface area contributed by atoms with E-state index in [0.717, 1.165) is 29.1 Å². The van der Waals surface area contributed by atoms with E-state index in [1.807, 2.05) is 29.6 Å². The van der Waals surface area contributed by atoms with Crippen LogP contribution in [-0.4, -0.2) is 42.1 Å². The van der Waals surface area contributed by atoms with Crippen LogP contribution in [0.2, 0.25) is 0 Å². The number of carbonyl (C=O) groups is 1. The Kier molecular flexibility index (Phi) is 5.27. The summed E-state index contributed by atoms with van der Waals surface area (Å²) in [6.07, 6.45) is 0. The average molecular weight is 359 g/mol. The maximum absolute atomic E-state index is 12.8. The van der Waals surface area contributed by atoms with Crippen molar-refractivity contribution in [3.63, 3.8) is 0 Å². The molecule has 5 heteroatoms. The van der Waals surface area contributed by atoms with Crippen LogP contribution in [0.15, 0.2) is 29.6 Å². The minimum absolute atomic E-state index is 0.0173. The van der Waals surface area contributed by atoms with Gasteiger partial charge >= 0.3 is 0 Å². The minimum Gasteiger partial charge on any atom is -0.507 e. The molecule has 1 aliphatic heterocycles. The van der Waals surface area contributed by atoms with Gasteiger partial charge in [-0.15, -0.1) is 11.3 Å². The third-order valence-corrected chi connectivity index (χ3v) is 5.37. The predicted octanol–water partition coefficient (Wildman–Crippen LogP) is 3.81. The van der Waals surface area contributed by atoms with Crippen molar-refractivity contribution in [1.82, 2.24) is 4.90 Å². The van der Waals surface area contributed by atoms with E-state index in [4.69, 9.17) is 4.74 Å². The Balaban J connectivity index is 2.00. The summed E-state index contributed by atoms with van der Waals surface area (Å²) in [6, 6.07) is 7.43. The molecular formula is C20H25NO3S. The molecule has 0 amide bonds. The zero-order chi connectivity index (χ0) is 18.0. The number of ketones is 1. The third kappa shape index (κ3) is 4.11. The first-order chi connectivity index (χ1) is 11.9. The van der Waals surface area contributed by atoms with Crippen LogP contribution in [0.4, 0.5) is 0 Å². The van der Waals surface area contributed by atoms with Crippen LogP contribution in [0.3, 0.4) is 0 Å². The lowest BCUT2D eigenvalue weighted by atomic mass is 9.83. The number of thiophene rings is 1. The molecule has 0 atom stereocenters. The van der Waals surface area contributed by atoms with Gasteiger partial charge in [0.2, 0.25) is 5.78 Å². The zero-order valence-corrected chi connectivity index (χ0v) is 15.9. The average Bonchev–Trinajstić information content (AvgIpc) is 3.10. The normalized spacial score (nSPS) is 16.1. The van der Waals surface area contributed by atoms with Gasteiger partial charge < -0.3 is 9.84 Å². The second-order valence-electron chi connectivity index (χ2n) is 7.48. The standard InChI is InChI=1S/C20H25NO3S/c1-20(2,3)16-12-14(19(23)17-5-4-10-25-17)11-15(18(16)22)13-21-6-8-24-9-7-21/h4-5,10-12,22H,6-9,13H2,1-3H3. The summed E-state index contributed by atoms with van der Waals surface area (Å²) < 4.78 is 5.40. The number of rotatable bonds is 4. The van der Waals surface area contributed by atoms with E-state index in [9.17, 15) is 9.90 Å². The molecule has 0 unspecified atom stereocenters. The molecular weight excluding hydrogens is 334 g/mol. The fourth-order valence-electron chi connectivity index (χ4n) is 3.07. The Bertz CT molecular complexity index is 741. The molecule has 0 saturated carbocycles. The first kappa shape index (κ1) is 18.1. The van der Waals surface area contributed by atoms with Crippen molar-refractivity contribution < 1.29 is 14.6 Å². The molecule has 1 N–H and O–H groups in total. The van der Waals surface area contributed by atoms with Crippen molar-refractivity contribution in [1.29, 1.82) is 0 Å². The van der Waals surface area contributed by atoms with E-state index >= 15 is 0 Å². The fourth-order valence-corrected chi connectivity index (χ4v) is 3.75. The maximum atomic E-state index is 12.8. The molecule has 0 spiro atoms. The molecule has 134 valence electrons. The second-order valence-corrected chi connectivity index (χ2v) is 8.42. The lowest BCUT2D eigenvalue weighted by molar-refractivity contribution is 0.0338. The highest BCUT2D eigenvalue weighted by Gasteiger charge is 2.25. The summed E-state index contributed by atoms with van der Waals surface area (Å²) in [7, 11) is 0. The van der Waals surface area contributed by atoms with Gasteiger partial charge in [0.25, 0.3) is 0 Å². The Morgan fingerprint density at radius 1 is 1.28 bits per heavy atom. The van der Waals surface area contributed by atoms with Gasteiger partial charge in [0.1, 0.15) is 5.75 Å². The summed E-state index contributed by atoms with van der Waals surface area (Å²) in [4.78, 5) is 15.8. The Labute approximate surface area is 153 Å². The van der Waals surface area contributed by atoms with E-state index in [-0.39, 0.29) is 11.2 Å². The Morgan fingerprint density at radius 2 is 2.00 bits per heavy atom. The Hall–Kier alpha value is -1.69. The number of morpholine rings is 1. The number of nitrogens with zero attached hydrogens (tertiary/aromatic N) is 1. The topological polar surface area (TPSA) is 49.8 Å². The van der Waals surface area contributed by atoms with Crippen molar-refractivity contribution in [2.75, 3.05) is 26.3 Å². The minimum atomic E-state index is -0.240. The highest BCUT2D eigenvalue weighted by atomic mass is 32.1. The molecule has 0 aliphatic carbocycles. The van der Waals surface area contributed by atoms with Gasteiger partial charge in [0, 0.05) is 36.3 Å². The van der Waals surface area contributed by atoms with Crippen LogP contribution in [0.1, 0.15) is 47.1 Å². The van der Waals surface area contributed by atoms with Gasteiger partial charge in [-0.2, -0.15) is 0 Å². The smallest absolute Gasteiger partial charge is 0.202 e. The molecule has 1 saturated heterocycles. The number of phenols is 1. The van der Waals surface area contributed by atoms with Crippen molar-refractivity contribution >= 4 is 17.1 Å². The first-order valence-electron chi connectivity index (χ1n) is 8.61. The van der Waals surface area contributed by atoms with Crippen LogP contribution in [-0.2, 0) is 16.7 Å².